The van der Waals surface area contributed by atoms with Gasteiger partial charge in [0.15, 0.2) is 5.58 Å². The van der Waals surface area contributed by atoms with Gasteiger partial charge in [-0.25, -0.2) is 0 Å². The van der Waals surface area contributed by atoms with Crippen LogP contribution in [0.3, 0.4) is 0 Å². The van der Waals surface area contributed by atoms with Gasteiger partial charge in [-0.2, -0.15) is 0 Å². The molecule has 6 nitrogen and oxygen atoms in total. The van der Waals surface area contributed by atoms with E-state index in [1.807, 2.05) is 18.3 Å². The second-order valence-electron chi connectivity index (χ2n) is 21.5. The van der Waals surface area contributed by atoms with Crippen molar-refractivity contribution in [2.45, 2.75) is 0 Å². The van der Waals surface area contributed by atoms with Gasteiger partial charge in [0.25, 0.3) is 0 Å². The highest BCUT2D eigenvalue weighted by molar-refractivity contribution is 6.15. The number of nitrogens with zero attached hydrogens (tertiary/aromatic N) is 5. The normalized spacial score (nSPS) is 11.9. The van der Waals surface area contributed by atoms with Crippen LogP contribution in [-0.4, -0.2) is 23.3 Å². The lowest BCUT2D eigenvalue weighted by Crippen LogP contribution is -1.93. The Labute approximate surface area is 476 Å². The molecule has 0 amide bonds. The first-order chi connectivity index (χ1) is 41.2. The van der Waals surface area contributed by atoms with Gasteiger partial charge in [0.05, 0.1) is 44.1 Å². The number of rotatable bonds is 6. The quantitative estimate of drug-likeness (QED) is 0.167. The van der Waals surface area contributed by atoms with Crippen molar-refractivity contribution >= 4 is 109 Å². The molecule has 0 spiro atoms. The average Bonchev–Trinajstić information content (AvgIpc) is 4.01. The van der Waals surface area contributed by atoms with Crippen molar-refractivity contribution in [1.29, 1.82) is 0 Å². The Morgan fingerprint density at radius 1 is 0.217 bits per heavy atom. The fourth-order valence-corrected chi connectivity index (χ4v) is 13.2. The third-order valence-corrected chi connectivity index (χ3v) is 16.9. The van der Waals surface area contributed by atoms with E-state index in [2.05, 4.69) is 302 Å². The molecule has 12 aromatic carbocycles. The van der Waals surface area contributed by atoms with Crippen LogP contribution in [0, 0.1) is 0 Å². The molecule has 18 aromatic rings. The van der Waals surface area contributed by atoms with Crippen LogP contribution in [-0.2, 0) is 0 Å². The minimum atomic E-state index is 0.806. The zero-order chi connectivity index (χ0) is 54.5. The lowest BCUT2D eigenvalue weighted by Gasteiger charge is -2.09. The van der Waals surface area contributed by atoms with Gasteiger partial charge in [-0.05, 0) is 162 Å². The fourth-order valence-electron chi connectivity index (χ4n) is 13.2. The van der Waals surface area contributed by atoms with E-state index in [4.69, 9.17) is 4.42 Å². The van der Waals surface area contributed by atoms with E-state index in [1.165, 1.54) is 127 Å². The molecule has 6 aromatic heterocycles. The maximum absolute atomic E-state index is 6.08. The largest absolute Gasteiger partial charge is 0.454 e. The van der Waals surface area contributed by atoms with Crippen molar-refractivity contribution in [3.05, 3.63) is 297 Å². The monoisotopic (exact) mass is 1060 g/mol. The van der Waals surface area contributed by atoms with E-state index >= 15 is 0 Å². The standard InChI is InChI=1S/C41H25N3O.C36H24N2/c1-2-9-28(10-3-1)43-35-13-6-4-11-30(35)32-23-26(16-19-37(32)43)27-17-20-38-33(24-27)31-12-5-7-14-36(31)44(38)29-18-21-39-34(25-29)41-40(45-39)15-8-22-42-41;1-3-11-27(12-4-1)37-33-17-9-7-15-29(33)31-23-25(19-21-35(31)37)26-20-22-36-32(24-26)30-16-8-10-18-34(30)38(36)28-13-5-2-6-14-28/h1-25H;1-24H. The summed E-state index contributed by atoms with van der Waals surface area (Å²) >= 11 is 0. The number of fused-ring (bicyclic) bond motifs is 15. The molecule has 0 aliphatic heterocycles. The number of hydrogen-bond donors (Lipinski definition) is 0. The van der Waals surface area contributed by atoms with Crippen molar-refractivity contribution in [3.8, 4) is 45.0 Å². The van der Waals surface area contributed by atoms with Crippen LogP contribution < -0.4 is 0 Å². The molecule has 0 aliphatic rings. The van der Waals surface area contributed by atoms with Crippen LogP contribution in [0.1, 0.15) is 0 Å². The molecule has 0 unspecified atom stereocenters. The first-order valence-corrected chi connectivity index (χ1v) is 28.3. The van der Waals surface area contributed by atoms with Gasteiger partial charge in [-0.3, -0.25) is 4.98 Å². The van der Waals surface area contributed by atoms with Crippen molar-refractivity contribution in [2.75, 3.05) is 0 Å². The summed E-state index contributed by atoms with van der Waals surface area (Å²) in [5.74, 6) is 0. The minimum Gasteiger partial charge on any atom is -0.454 e. The van der Waals surface area contributed by atoms with Crippen molar-refractivity contribution in [3.63, 3.8) is 0 Å². The molecule has 0 bridgehead atoms. The second-order valence-corrected chi connectivity index (χ2v) is 21.5. The first kappa shape index (κ1) is 46.7. The van der Waals surface area contributed by atoms with Gasteiger partial charge in [-0.15, -0.1) is 0 Å². The zero-order valence-corrected chi connectivity index (χ0v) is 44.9. The van der Waals surface area contributed by atoms with E-state index in [9.17, 15) is 0 Å². The van der Waals surface area contributed by atoms with Gasteiger partial charge in [0.1, 0.15) is 11.1 Å². The van der Waals surface area contributed by atoms with Crippen LogP contribution in [0.25, 0.3) is 154 Å². The maximum Gasteiger partial charge on any atom is 0.153 e. The number of benzene rings is 12. The Balaban J connectivity index is 0.000000133. The smallest absolute Gasteiger partial charge is 0.153 e. The summed E-state index contributed by atoms with van der Waals surface area (Å²) < 4.78 is 15.5. The third-order valence-electron chi connectivity index (χ3n) is 16.9. The fraction of sp³-hybridized carbons (Fsp3) is 0. The Bertz CT molecular complexity index is 5410. The highest BCUT2D eigenvalue weighted by Crippen LogP contribution is 2.41. The molecule has 0 N–H and O–H groups in total. The molecule has 0 saturated heterocycles. The van der Waals surface area contributed by atoms with Gasteiger partial charge in [0.2, 0.25) is 0 Å². The summed E-state index contributed by atoms with van der Waals surface area (Å²) in [6, 6.07) is 104. The summed E-state index contributed by atoms with van der Waals surface area (Å²) in [7, 11) is 0. The lowest BCUT2D eigenvalue weighted by atomic mass is 10.0. The molecular formula is C77H49N5O. The summed E-state index contributed by atoms with van der Waals surface area (Å²) in [5.41, 5.74) is 21.7. The Morgan fingerprint density at radius 3 is 0.916 bits per heavy atom. The molecule has 83 heavy (non-hydrogen) atoms. The predicted octanol–water partition coefficient (Wildman–Crippen LogP) is 20.4. The number of aromatic nitrogens is 5. The molecule has 6 heterocycles. The highest BCUT2D eigenvalue weighted by atomic mass is 16.3. The van der Waals surface area contributed by atoms with Crippen LogP contribution in [0.5, 0.6) is 0 Å². The van der Waals surface area contributed by atoms with E-state index in [-0.39, 0.29) is 0 Å². The maximum atomic E-state index is 6.08. The minimum absolute atomic E-state index is 0.806. The van der Waals surface area contributed by atoms with Crippen molar-refractivity contribution in [2.24, 2.45) is 0 Å². The molecule has 0 atom stereocenters. The van der Waals surface area contributed by atoms with Crippen LogP contribution in [0.15, 0.2) is 302 Å². The van der Waals surface area contributed by atoms with Gasteiger partial charge in [-0.1, -0.05) is 152 Å². The van der Waals surface area contributed by atoms with Crippen LogP contribution in [0.4, 0.5) is 0 Å². The average molecular weight is 1060 g/mol. The van der Waals surface area contributed by atoms with Crippen LogP contribution in [0.2, 0.25) is 0 Å². The molecule has 0 fully saturated rings. The first-order valence-electron chi connectivity index (χ1n) is 28.3. The van der Waals surface area contributed by atoms with Crippen LogP contribution >= 0.6 is 0 Å². The van der Waals surface area contributed by atoms with Gasteiger partial charge in [0, 0.05) is 77.4 Å². The Morgan fingerprint density at radius 2 is 0.542 bits per heavy atom. The SMILES string of the molecule is c1ccc(-n2c3ccccc3c3cc(-c4ccc5c(c4)c4ccccc4n5-c4ccc5oc6cccnc6c5c4)ccc32)cc1.c1ccc(-n2c3ccccc3c3cc(-c4ccc5c(c4)c4ccccc4n5-c4ccccc4)ccc32)cc1. The third kappa shape index (κ3) is 7.40. The number of para-hydroxylation sites is 7. The number of furan rings is 1. The molecule has 18 rings (SSSR count). The van der Waals surface area contributed by atoms with Gasteiger partial charge < -0.3 is 22.7 Å². The predicted molar refractivity (Wildman–Crippen MR) is 346 cm³/mol. The Hall–Kier alpha value is -11.2. The molecule has 0 radical (unpaired) electrons. The molecule has 6 heteroatoms. The van der Waals surface area contributed by atoms with E-state index in [0.29, 0.717) is 0 Å². The van der Waals surface area contributed by atoms with E-state index < -0.39 is 0 Å². The van der Waals surface area contributed by atoms with Crippen molar-refractivity contribution < 1.29 is 4.42 Å². The van der Waals surface area contributed by atoms with E-state index in [1.54, 1.807) is 0 Å². The summed E-state index contributed by atoms with van der Waals surface area (Å²) in [4.78, 5) is 4.62. The molecular weight excluding hydrogens is 1010 g/mol. The highest BCUT2D eigenvalue weighted by Gasteiger charge is 2.19. The molecule has 0 saturated carbocycles. The topological polar surface area (TPSA) is 45.8 Å². The molecule has 0 aliphatic carbocycles. The van der Waals surface area contributed by atoms with Crippen molar-refractivity contribution in [1.82, 2.24) is 23.3 Å². The summed E-state index contributed by atoms with van der Waals surface area (Å²) in [6.45, 7) is 0. The van der Waals surface area contributed by atoms with E-state index in [0.717, 1.165) is 27.8 Å². The lowest BCUT2D eigenvalue weighted by molar-refractivity contribution is 0.668. The van der Waals surface area contributed by atoms with Gasteiger partial charge >= 0.3 is 0 Å². The summed E-state index contributed by atoms with van der Waals surface area (Å²) in [6.07, 6.45) is 1.82. The number of hydrogen-bond acceptors (Lipinski definition) is 2. The molecule has 388 valence electrons. The summed E-state index contributed by atoms with van der Waals surface area (Å²) in [5, 5.41) is 11.1. The zero-order valence-electron chi connectivity index (χ0n) is 44.9. The number of pyridine rings is 1. The Kier molecular flexibility index (Phi) is 10.5. The second kappa shape index (κ2) is 18.7.